The molecule has 3 N–H and O–H groups in total. The van der Waals surface area contributed by atoms with E-state index in [9.17, 15) is 0 Å². The normalized spacial score (nSPS) is 21.9. The van der Waals surface area contributed by atoms with Gasteiger partial charge in [0.2, 0.25) is 0 Å². The van der Waals surface area contributed by atoms with Gasteiger partial charge in [-0.15, -0.1) is 0 Å². The van der Waals surface area contributed by atoms with Crippen molar-refractivity contribution in [2.45, 2.75) is 70.9 Å². The molecule has 1 aromatic rings. The highest BCUT2D eigenvalue weighted by Crippen LogP contribution is 2.39. The molecule has 0 bridgehead atoms. The number of fused-ring (bicyclic) bond motifs is 1. The minimum atomic E-state index is -1.83. The maximum atomic E-state index is 6.64. The maximum Gasteiger partial charge on any atom is 0.192 e. The summed E-state index contributed by atoms with van der Waals surface area (Å²) >= 11 is 0. The lowest BCUT2D eigenvalue weighted by Crippen LogP contribution is -2.50. The molecule has 0 aromatic heterocycles. The monoisotopic (exact) mass is 336 g/mol. The van der Waals surface area contributed by atoms with Crippen LogP contribution in [0.1, 0.15) is 39.7 Å². The van der Waals surface area contributed by atoms with Gasteiger partial charge in [-0.05, 0) is 42.2 Å². The Kier molecular flexibility index (Phi) is 5.43. The topological polar surface area (TPSA) is 56.5 Å². The molecule has 0 unspecified atom stereocenters. The first kappa shape index (κ1) is 18.3. The van der Waals surface area contributed by atoms with Crippen molar-refractivity contribution in [1.82, 2.24) is 0 Å². The van der Waals surface area contributed by atoms with Gasteiger partial charge in [0.25, 0.3) is 0 Å². The average molecular weight is 337 g/mol. The highest BCUT2D eigenvalue weighted by Gasteiger charge is 2.41. The summed E-state index contributed by atoms with van der Waals surface area (Å²) in [4.78, 5) is 0. The number of ether oxygens (including phenoxy) is 1. The minimum absolute atomic E-state index is 0.0645. The zero-order valence-corrected chi connectivity index (χ0v) is 16.4. The fourth-order valence-corrected chi connectivity index (χ4v) is 3.89. The third-order valence-electron chi connectivity index (χ3n) is 5.17. The van der Waals surface area contributed by atoms with Crippen molar-refractivity contribution in [3.63, 3.8) is 0 Å². The first-order chi connectivity index (χ1) is 10.7. The van der Waals surface area contributed by atoms with E-state index in [0.29, 0.717) is 13.2 Å². The van der Waals surface area contributed by atoms with E-state index in [0.717, 1.165) is 23.4 Å². The second kappa shape index (κ2) is 6.83. The fourth-order valence-electron chi connectivity index (χ4n) is 2.55. The zero-order valence-electron chi connectivity index (χ0n) is 15.4. The Morgan fingerprint density at radius 1 is 1.35 bits per heavy atom. The van der Waals surface area contributed by atoms with Crippen molar-refractivity contribution in [2.24, 2.45) is 5.73 Å². The number of nitrogens with one attached hydrogen (secondary N) is 1. The molecule has 0 spiro atoms. The van der Waals surface area contributed by atoms with Gasteiger partial charge in [0.05, 0.1) is 17.8 Å². The molecule has 4 nitrogen and oxygen atoms in total. The Bertz CT molecular complexity index is 540. The summed E-state index contributed by atoms with van der Waals surface area (Å²) in [6.07, 6.45) is 1.07. The average Bonchev–Trinajstić information content (AvgIpc) is 2.64. The first-order valence-electron chi connectivity index (χ1n) is 8.58. The van der Waals surface area contributed by atoms with Crippen LogP contribution >= 0.6 is 0 Å². The quantitative estimate of drug-likeness (QED) is 0.812. The van der Waals surface area contributed by atoms with Gasteiger partial charge in [0.15, 0.2) is 8.32 Å². The summed E-state index contributed by atoms with van der Waals surface area (Å²) in [5.41, 5.74) is 7.86. The summed E-state index contributed by atoms with van der Waals surface area (Å²) in [7, 11) is -1.83. The number of nitrogens with two attached hydrogens (primary N) is 1. The molecule has 0 saturated heterocycles. The van der Waals surface area contributed by atoms with Gasteiger partial charge in [-0.2, -0.15) is 0 Å². The second-order valence-electron chi connectivity index (χ2n) is 7.92. The molecule has 0 radical (unpaired) electrons. The highest BCUT2D eigenvalue weighted by molar-refractivity contribution is 6.74. The Labute approximate surface area is 141 Å². The largest absolute Gasteiger partial charge is 0.489 e. The third kappa shape index (κ3) is 4.08. The molecule has 23 heavy (non-hydrogen) atoms. The predicted octanol–water partition coefficient (Wildman–Crippen LogP) is 4.12. The van der Waals surface area contributed by atoms with Crippen LogP contribution in [0.4, 0.5) is 5.69 Å². The van der Waals surface area contributed by atoms with Crippen LogP contribution in [0.5, 0.6) is 5.75 Å². The number of benzene rings is 1. The predicted molar refractivity (Wildman–Crippen MR) is 99.6 cm³/mol. The molecule has 1 aromatic carbocycles. The van der Waals surface area contributed by atoms with E-state index in [1.807, 2.05) is 6.07 Å². The molecular formula is C18H32N2O2Si. The lowest BCUT2D eigenvalue weighted by Gasteiger charge is -2.40. The van der Waals surface area contributed by atoms with Gasteiger partial charge < -0.3 is 20.2 Å². The molecule has 0 amide bonds. The Balaban J connectivity index is 2.21. The number of rotatable bonds is 4. The van der Waals surface area contributed by atoms with E-state index in [2.05, 4.69) is 58.2 Å². The van der Waals surface area contributed by atoms with Gasteiger partial charge in [-0.25, -0.2) is 0 Å². The smallest absolute Gasteiger partial charge is 0.192 e. The third-order valence-corrected chi connectivity index (χ3v) is 9.67. The molecule has 2 rings (SSSR count). The van der Waals surface area contributed by atoms with Gasteiger partial charge in [-0.3, -0.25) is 0 Å². The van der Waals surface area contributed by atoms with Gasteiger partial charge in [-0.1, -0.05) is 33.8 Å². The maximum absolute atomic E-state index is 6.64. The summed E-state index contributed by atoms with van der Waals surface area (Å²) in [6, 6.07) is 6.41. The van der Waals surface area contributed by atoms with Crippen LogP contribution in [0.3, 0.4) is 0 Å². The van der Waals surface area contributed by atoms with E-state index in [4.69, 9.17) is 14.9 Å². The molecule has 1 aliphatic rings. The van der Waals surface area contributed by atoms with Crippen molar-refractivity contribution in [3.8, 4) is 5.75 Å². The van der Waals surface area contributed by atoms with Gasteiger partial charge in [0, 0.05) is 6.54 Å². The van der Waals surface area contributed by atoms with E-state index in [-0.39, 0.29) is 17.2 Å². The second-order valence-corrected chi connectivity index (χ2v) is 12.7. The molecule has 5 heteroatoms. The van der Waals surface area contributed by atoms with E-state index >= 15 is 0 Å². The summed E-state index contributed by atoms with van der Waals surface area (Å²) in [5.74, 6) is 0.882. The molecule has 0 aliphatic carbocycles. The Morgan fingerprint density at radius 3 is 2.61 bits per heavy atom. The van der Waals surface area contributed by atoms with E-state index in [1.54, 1.807) is 0 Å². The van der Waals surface area contributed by atoms with Crippen LogP contribution in [0, 0.1) is 0 Å². The fraction of sp³-hybridized carbons (Fsp3) is 0.667. The van der Waals surface area contributed by atoms with Crippen LogP contribution in [0.25, 0.3) is 0 Å². The first-order valence-corrected chi connectivity index (χ1v) is 11.5. The van der Waals surface area contributed by atoms with Gasteiger partial charge >= 0.3 is 0 Å². The Hall–Kier alpha value is -1.04. The van der Waals surface area contributed by atoms with Crippen LogP contribution in [-0.2, 0) is 11.0 Å². The summed E-state index contributed by atoms with van der Waals surface area (Å²) in [5, 5.41) is 3.81. The van der Waals surface area contributed by atoms with Crippen molar-refractivity contribution in [1.29, 1.82) is 0 Å². The lowest BCUT2D eigenvalue weighted by molar-refractivity contribution is 0.103. The molecular weight excluding hydrogens is 304 g/mol. The lowest BCUT2D eigenvalue weighted by atomic mass is 10.1. The molecule has 1 heterocycles. The number of hydrogen-bond donors (Lipinski definition) is 2. The number of hydrogen-bond acceptors (Lipinski definition) is 4. The molecule has 130 valence electrons. The Morgan fingerprint density at radius 2 is 2.04 bits per heavy atom. The zero-order chi connectivity index (χ0) is 17.3. The van der Waals surface area contributed by atoms with Crippen LogP contribution in [0.2, 0.25) is 18.1 Å². The summed E-state index contributed by atoms with van der Waals surface area (Å²) in [6.45, 7) is 14.7. The van der Waals surface area contributed by atoms with Crippen LogP contribution < -0.4 is 15.8 Å². The van der Waals surface area contributed by atoms with E-state index < -0.39 is 8.32 Å². The van der Waals surface area contributed by atoms with E-state index in [1.165, 1.54) is 0 Å². The van der Waals surface area contributed by atoms with Crippen molar-refractivity contribution in [2.75, 3.05) is 11.9 Å². The minimum Gasteiger partial charge on any atom is -0.489 e. The molecule has 2 atom stereocenters. The van der Waals surface area contributed by atoms with Crippen molar-refractivity contribution in [3.05, 3.63) is 23.8 Å². The van der Waals surface area contributed by atoms with Crippen molar-refractivity contribution >= 4 is 14.0 Å². The van der Waals surface area contributed by atoms with Crippen molar-refractivity contribution < 1.29 is 9.16 Å². The summed E-state index contributed by atoms with van der Waals surface area (Å²) < 4.78 is 12.7. The SMILES string of the molecule is CC[C@H]1Nc2ccc(CN)cc2OC[C@H]1O[Si](C)(C)C(C)(C)C. The standard InChI is InChI=1S/C18H32N2O2Si/c1-7-14-17(22-23(5,6)18(2,3)4)12-21-16-10-13(11-19)8-9-15(16)20-14/h8-10,14,17,20H,7,11-12,19H2,1-6H3/t14-,17-/m1/s1. The molecule has 1 aliphatic heterocycles. The molecule has 0 fully saturated rings. The highest BCUT2D eigenvalue weighted by atomic mass is 28.4. The number of anilines is 1. The van der Waals surface area contributed by atoms with Crippen LogP contribution in [-0.4, -0.2) is 27.1 Å². The molecule has 0 saturated carbocycles. The van der Waals surface area contributed by atoms with Crippen LogP contribution in [0.15, 0.2) is 18.2 Å². The van der Waals surface area contributed by atoms with Gasteiger partial charge in [0.1, 0.15) is 12.4 Å².